The summed E-state index contributed by atoms with van der Waals surface area (Å²) in [4.78, 5) is 2.73. The monoisotopic (exact) mass is 329 g/mol. The Morgan fingerprint density at radius 3 is 2.67 bits per heavy atom. The highest BCUT2D eigenvalue weighted by molar-refractivity contribution is 5.43. The maximum absolute atomic E-state index is 11.3. The summed E-state index contributed by atoms with van der Waals surface area (Å²) in [6.07, 6.45) is 2.76. The number of hydrogen-bond donors (Lipinski definition) is 3. The van der Waals surface area contributed by atoms with E-state index in [-0.39, 0.29) is 40.1 Å². The van der Waals surface area contributed by atoms with Crippen molar-refractivity contribution in [3.05, 3.63) is 12.2 Å². The molecule has 3 N–H and O–H groups in total. The summed E-state index contributed by atoms with van der Waals surface area (Å²) in [5, 5.41) is 33.3. The lowest BCUT2D eigenvalue weighted by molar-refractivity contribution is -0.213. The van der Waals surface area contributed by atoms with Crippen molar-refractivity contribution < 1.29 is 15.3 Å². The van der Waals surface area contributed by atoms with Crippen molar-refractivity contribution in [2.45, 2.75) is 63.0 Å². The van der Waals surface area contributed by atoms with Crippen LogP contribution in [0, 0.1) is 39.9 Å². The molecule has 24 heavy (non-hydrogen) atoms. The van der Waals surface area contributed by atoms with Crippen molar-refractivity contribution in [2.75, 3.05) is 6.54 Å². The van der Waals surface area contributed by atoms with E-state index >= 15 is 0 Å². The van der Waals surface area contributed by atoms with Gasteiger partial charge < -0.3 is 15.3 Å². The van der Waals surface area contributed by atoms with Crippen LogP contribution in [0.5, 0.6) is 0 Å². The molecule has 9 rings (SSSR count). The second-order valence-electron chi connectivity index (χ2n) is 10.8. The first-order chi connectivity index (χ1) is 11.4. The number of aliphatic hydroxyl groups excluding tert-OH is 3. The van der Waals surface area contributed by atoms with E-state index in [4.69, 9.17) is 0 Å². The Hall–Kier alpha value is -0.420. The Kier molecular flexibility index (Phi) is 1.95. The molecular formula is C20H27NO3. The molecule has 0 aromatic carbocycles. The smallest absolute Gasteiger partial charge is 0.0679 e. The summed E-state index contributed by atoms with van der Waals surface area (Å²) in [6.45, 7) is 7.72. The summed E-state index contributed by atoms with van der Waals surface area (Å²) in [6, 6.07) is 0.999. The molecular weight excluding hydrogens is 302 g/mol. The average molecular weight is 329 g/mol. The fourth-order valence-corrected chi connectivity index (χ4v) is 10.7. The molecule has 130 valence electrons. The van der Waals surface area contributed by atoms with Crippen LogP contribution in [0.2, 0.25) is 0 Å². The van der Waals surface area contributed by atoms with Gasteiger partial charge in [0.2, 0.25) is 0 Å². The van der Waals surface area contributed by atoms with Gasteiger partial charge in [-0.1, -0.05) is 19.1 Å². The first-order valence-electron chi connectivity index (χ1n) is 9.83. The van der Waals surface area contributed by atoms with E-state index in [0.29, 0.717) is 18.0 Å². The largest absolute Gasteiger partial charge is 0.393 e. The van der Waals surface area contributed by atoms with E-state index < -0.39 is 12.2 Å². The van der Waals surface area contributed by atoms with Crippen LogP contribution in [0.25, 0.3) is 0 Å². The molecule has 9 bridgehead atoms. The van der Waals surface area contributed by atoms with Gasteiger partial charge in [-0.15, -0.1) is 0 Å². The molecule has 4 heteroatoms. The van der Waals surface area contributed by atoms with E-state index in [1.165, 1.54) is 0 Å². The zero-order chi connectivity index (χ0) is 16.4. The van der Waals surface area contributed by atoms with Crippen molar-refractivity contribution in [3.8, 4) is 0 Å². The Bertz CT molecular complexity index is 709. The third kappa shape index (κ3) is 0.980. The van der Waals surface area contributed by atoms with Gasteiger partial charge in [-0.2, -0.15) is 0 Å². The lowest BCUT2D eigenvalue weighted by Gasteiger charge is -2.65. The van der Waals surface area contributed by atoms with Crippen molar-refractivity contribution in [1.29, 1.82) is 0 Å². The van der Waals surface area contributed by atoms with Crippen LogP contribution in [0.3, 0.4) is 0 Å². The molecule has 6 saturated carbocycles. The van der Waals surface area contributed by atoms with Crippen LogP contribution in [0.4, 0.5) is 0 Å². The third-order valence-corrected chi connectivity index (χ3v) is 10.1. The normalized spacial score (nSPS) is 76.1. The summed E-state index contributed by atoms with van der Waals surface area (Å²) >= 11 is 0. The molecule has 13 atom stereocenters. The lowest BCUT2D eigenvalue weighted by Crippen LogP contribution is -2.67. The number of aliphatic hydroxyl groups is 3. The molecule has 2 spiro atoms. The number of hydrogen-bond acceptors (Lipinski definition) is 4. The molecule has 3 saturated heterocycles. The minimum Gasteiger partial charge on any atom is -0.393 e. The summed E-state index contributed by atoms with van der Waals surface area (Å²) in [5.41, 5.74) is 1.37. The minimum atomic E-state index is -0.460. The quantitative estimate of drug-likeness (QED) is 0.574. The second-order valence-corrected chi connectivity index (χ2v) is 10.8. The highest BCUT2D eigenvalue weighted by Crippen LogP contribution is 2.86. The zero-order valence-corrected chi connectivity index (χ0v) is 14.2. The molecule has 1 unspecified atom stereocenters. The van der Waals surface area contributed by atoms with Crippen LogP contribution in [-0.2, 0) is 0 Å². The van der Waals surface area contributed by atoms with Crippen LogP contribution >= 0.6 is 0 Å². The maximum Gasteiger partial charge on any atom is 0.0679 e. The van der Waals surface area contributed by atoms with Gasteiger partial charge in [0, 0.05) is 30.5 Å². The minimum absolute atomic E-state index is 0.0358. The van der Waals surface area contributed by atoms with Gasteiger partial charge >= 0.3 is 0 Å². The topological polar surface area (TPSA) is 63.9 Å². The van der Waals surface area contributed by atoms with E-state index in [0.717, 1.165) is 37.8 Å². The van der Waals surface area contributed by atoms with Gasteiger partial charge in [0.15, 0.2) is 0 Å². The second kappa shape index (κ2) is 3.40. The Balaban J connectivity index is 1.54. The predicted molar refractivity (Wildman–Crippen MR) is 86.8 cm³/mol. The molecule has 9 fully saturated rings. The number of piperidine rings is 2. The zero-order valence-electron chi connectivity index (χ0n) is 14.2. The van der Waals surface area contributed by atoms with Gasteiger partial charge in [0.05, 0.1) is 18.3 Å². The van der Waals surface area contributed by atoms with Crippen LogP contribution in [-0.4, -0.2) is 57.2 Å². The molecule has 6 aliphatic carbocycles. The predicted octanol–water partition coefficient (Wildman–Crippen LogP) is 0.764. The van der Waals surface area contributed by atoms with Gasteiger partial charge in [0.1, 0.15) is 0 Å². The first kappa shape index (κ1) is 13.7. The van der Waals surface area contributed by atoms with Crippen LogP contribution in [0.15, 0.2) is 12.2 Å². The molecule has 3 heterocycles. The van der Waals surface area contributed by atoms with E-state index in [1.54, 1.807) is 0 Å². The average Bonchev–Trinajstić information content (AvgIpc) is 2.88. The highest BCUT2D eigenvalue weighted by Gasteiger charge is 2.90. The molecule has 9 aliphatic rings. The lowest BCUT2D eigenvalue weighted by atomic mass is 9.39. The summed E-state index contributed by atoms with van der Waals surface area (Å²) in [5.74, 6) is 1.02. The number of nitrogens with zero attached hydrogens (tertiary/aromatic N) is 1. The molecule has 0 amide bonds. The number of fused-ring (bicyclic) bond motifs is 1. The molecule has 0 radical (unpaired) electrons. The first-order valence-corrected chi connectivity index (χ1v) is 9.83. The molecule has 4 nitrogen and oxygen atoms in total. The van der Waals surface area contributed by atoms with Crippen molar-refractivity contribution >= 4 is 0 Å². The van der Waals surface area contributed by atoms with Gasteiger partial charge in [-0.05, 0) is 53.8 Å². The molecule has 0 aromatic heterocycles. The van der Waals surface area contributed by atoms with Crippen molar-refractivity contribution in [1.82, 2.24) is 4.90 Å². The fourth-order valence-electron chi connectivity index (χ4n) is 10.7. The Labute approximate surface area is 142 Å². The summed E-state index contributed by atoms with van der Waals surface area (Å²) < 4.78 is 0. The third-order valence-electron chi connectivity index (χ3n) is 10.1. The Morgan fingerprint density at radius 1 is 1.08 bits per heavy atom. The van der Waals surface area contributed by atoms with Crippen molar-refractivity contribution in [3.63, 3.8) is 0 Å². The Morgan fingerprint density at radius 2 is 1.88 bits per heavy atom. The highest BCUT2D eigenvalue weighted by atomic mass is 16.3. The van der Waals surface area contributed by atoms with E-state index in [2.05, 4.69) is 18.4 Å². The van der Waals surface area contributed by atoms with Crippen molar-refractivity contribution in [2.24, 2.45) is 39.9 Å². The van der Waals surface area contributed by atoms with Gasteiger partial charge in [-0.3, -0.25) is 4.90 Å². The van der Waals surface area contributed by atoms with Crippen LogP contribution < -0.4 is 0 Å². The standard InChI is InChI=1S/C20H27NO3/c1-8-3-19-6-10-15-18(2)4-9(22)5-20(15)16(19)14(24)11(8)13(23)12(19)17(20)21(10)7-18/h9-17,22-24H,1,3-7H2,2H3/t9-,10-,11-,12+,13+,14+,15-,16-,17+,18-,19-,20-/m0/s1. The molecule has 0 aromatic rings. The fraction of sp³-hybridized carbons (Fsp3) is 0.900. The number of rotatable bonds is 0. The van der Waals surface area contributed by atoms with Gasteiger partial charge in [-0.25, -0.2) is 0 Å². The SMILES string of the molecule is C=C1C[C@]23C[C@H]4[C@H]5[C@@]6(C)C[C@H](O)C[C@]57[C@@H]([C@H]2[C@H](O)[C@H]1[C@@H](O)[C@@H]37)N4C6. The van der Waals surface area contributed by atoms with E-state index in [1.807, 2.05) is 0 Å². The summed E-state index contributed by atoms with van der Waals surface area (Å²) in [7, 11) is 0. The van der Waals surface area contributed by atoms with Crippen LogP contribution in [0.1, 0.15) is 32.6 Å². The van der Waals surface area contributed by atoms with E-state index in [9.17, 15) is 15.3 Å². The van der Waals surface area contributed by atoms with Gasteiger partial charge in [0.25, 0.3) is 0 Å². The molecule has 3 aliphatic heterocycles. The maximum atomic E-state index is 11.3.